The summed E-state index contributed by atoms with van der Waals surface area (Å²) >= 11 is 0. The van der Waals surface area contributed by atoms with E-state index in [0.717, 1.165) is 12.1 Å². The number of benzene rings is 2. The van der Waals surface area contributed by atoms with Gasteiger partial charge in [0.2, 0.25) is 0 Å². The lowest BCUT2D eigenvalue weighted by atomic mass is 10.1. The van der Waals surface area contributed by atoms with Crippen LogP contribution in [0.25, 0.3) is 0 Å². The Hall–Kier alpha value is -3.89. The third kappa shape index (κ3) is 5.59. The molecule has 0 aliphatic heterocycles. The molecule has 0 saturated heterocycles. The smallest absolute Gasteiger partial charge is 0.404 e. The lowest BCUT2D eigenvalue weighted by Crippen LogP contribution is -2.39. The zero-order chi connectivity index (χ0) is 22.6. The van der Waals surface area contributed by atoms with Crippen molar-refractivity contribution in [2.45, 2.75) is 12.4 Å². The summed E-state index contributed by atoms with van der Waals surface area (Å²) < 4.78 is 56.8. The van der Waals surface area contributed by atoms with E-state index >= 15 is 0 Å². The zero-order valence-corrected chi connectivity index (χ0v) is 16.0. The SMILES string of the molecule is Cn1ccnc1C(NC(=O)C(=O)Nc1ccccc1OC(F)(F)F)c1cccc(F)c1. The van der Waals surface area contributed by atoms with Crippen LogP contribution in [0.15, 0.2) is 60.9 Å². The van der Waals surface area contributed by atoms with Crippen molar-refractivity contribution in [1.29, 1.82) is 0 Å². The van der Waals surface area contributed by atoms with Crippen molar-refractivity contribution < 1.29 is 31.9 Å². The molecule has 3 rings (SSSR count). The highest BCUT2D eigenvalue weighted by Crippen LogP contribution is 2.30. The third-order valence-electron chi connectivity index (χ3n) is 4.14. The fraction of sp³-hybridized carbons (Fsp3) is 0.150. The van der Waals surface area contributed by atoms with Gasteiger partial charge in [-0.05, 0) is 29.8 Å². The number of para-hydroxylation sites is 2. The highest BCUT2D eigenvalue weighted by atomic mass is 19.4. The van der Waals surface area contributed by atoms with Gasteiger partial charge in [0.05, 0.1) is 5.69 Å². The summed E-state index contributed by atoms with van der Waals surface area (Å²) in [5, 5.41) is 4.51. The summed E-state index contributed by atoms with van der Waals surface area (Å²) in [5.41, 5.74) is -0.0319. The largest absolute Gasteiger partial charge is 0.573 e. The molecule has 11 heteroatoms. The Balaban J connectivity index is 1.82. The van der Waals surface area contributed by atoms with Crippen LogP contribution in [0, 0.1) is 5.82 Å². The number of halogens is 4. The van der Waals surface area contributed by atoms with E-state index in [1.807, 2.05) is 0 Å². The number of nitrogens with zero attached hydrogens (tertiary/aromatic N) is 2. The third-order valence-corrected chi connectivity index (χ3v) is 4.14. The van der Waals surface area contributed by atoms with E-state index in [1.54, 1.807) is 17.8 Å². The fourth-order valence-corrected chi connectivity index (χ4v) is 2.80. The average Bonchev–Trinajstić information content (AvgIpc) is 3.12. The Kier molecular flexibility index (Phi) is 6.23. The van der Waals surface area contributed by atoms with Crippen molar-refractivity contribution in [2.75, 3.05) is 5.32 Å². The molecule has 3 aromatic rings. The number of rotatable bonds is 5. The predicted octanol–water partition coefficient (Wildman–Crippen LogP) is 3.30. The summed E-state index contributed by atoms with van der Waals surface area (Å²) in [6.45, 7) is 0. The van der Waals surface area contributed by atoms with Gasteiger partial charge in [-0.15, -0.1) is 13.2 Å². The van der Waals surface area contributed by atoms with Crippen molar-refractivity contribution in [3.8, 4) is 5.75 Å². The quantitative estimate of drug-likeness (QED) is 0.475. The van der Waals surface area contributed by atoms with Gasteiger partial charge >= 0.3 is 18.2 Å². The van der Waals surface area contributed by atoms with E-state index in [-0.39, 0.29) is 5.69 Å². The zero-order valence-electron chi connectivity index (χ0n) is 16.0. The minimum atomic E-state index is -4.98. The maximum atomic E-state index is 13.7. The Morgan fingerprint density at radius 1 is 1.10 bits per heavy atom. The van der Waals surface area contributed by atoms with Gasteiger partial charge in [0.15, 0.2) is 5.75 Å². The number of carbonyl (C=O) groups excluding carboxylic acids is 2. The Bertz CT molecular complexity index is 1100. The molecule has 2 N–H and O–H groups in total. The number of aromatic nitrogens is 2. The first-order chi connectivity index (χ1) is 14.6. The van der Waals surface area contributed by atoms with E-state index in [9.17, 15) is 27.2 Å². The van der Waals surface area contributed by atoms with Crippen molar-refractivity contribution in [3.05, 3.63) is 78.1 Å². The number of imidazole rings is 1. The van der Waals surface area contributed by atoms with Gasteiger partial charge in [0.1, 0.15) is 17.7 Å². The molecular weight excluding hydrogens is 420 g/mol. The molecular formula is C20H16F4N4O3. The Labute approximate surface area is 173 Å². The summed E-state index contributed by atoms with van der Waals surface area (Å²) in [5.74, 6) is -3.34. The van der Waals surface area contributed by atoms with Crippen molar-refractivity contribution in [1.82, 2.24) is 14.9 Å². The van der Waals surface area contributed by atoms with E-state index in [1.165, 1.54) is 42.6 Å². The molecule has 2 amide bonds. The molecule has 0 aliphatic rings. The predicted molar refractivity (Wildman–Crippen MR) is 101 cm³/mol. The minimum absolute atomic E-state index is 0.313. The molecule has 0 spiro atoms. The second-order valence-electron chi connectivity index (χ2n) is 6.36. The lowest BCUT2D eigenvalue weighted by Gasteiger charge is -2.19. The van der Waals surface area contributed by atoms with E-state index in [2.05, 4.69) is 20.4 Å². The van der Waals surface area contributed by atoms with Crippen molar-refractivity contribution in [3.63, 3.8) is 0 Å². The molecule has 7 nitrogen and oxygen atoms in total. The molecule has 1 aromatic heterocycles. The first-order valence-corrected chi connectivity index (χ1v) is 8.83. The maximum Gasteiger partial charge on any atom is 0.573 e. The molecule has 0 saturated carbocycles. The van der Waals surface area contributed by atoms with Crippen LogP contribution in [0.4, 0.5) is 23.2 Å². The molecule has 1 unspecified atom stereocenters. The van der Waals surface area contributed by atoms with Gasteiger partial charge in [-0.2, -0.15) is 0 Å². The molecule has 0 aliphatic carbocycles. The number of anilines is 1. The monoisotopic (exact) mass is 436 g/mol. The molecule has 0 bridgehead atoms. The van der Waals surface area contributed by atoms with E-state index in [4.69, 9.17) is 0 Å². The van der Waals surface area contributed by atoms with Gasteiger partial charge in [0, 0.05) is 19.4 Å². The summed E-state index contributed by atoms with van der Waals surface area (Å²) in [4.78, 5) is 29.0. The van der Waals surface area contributed by atoms with E-state index < -0.39 is 35.8 Å². The van der Waals surface area contributed by atoms with Crippen LogP contribution in [-0.4, -0.2) is 27.7 Å². The second kappa shape index (κ2) is 8.86. The molecule has 162 valence electrons. The van der Waals surface area contributed by atoms with Gasteiger partial charge in [-0.1, -0.05) is 24.3 Å². The van der Waals surface area contributed by atoms with Crippen LogP contribution in [0.2, 0.25) is 0 Å². The summed E-state index contributed by atoms with van der Waals surface area (Å²) in [7, 11) is 1.64. The number of nitrogens with one attached hydrogen (secondary N) is 2. The van der Waals surface area contributed by atoms with Crippen LogP contribution < -0.4 is 15.4 Å². The topological polar surface area (TPSA) is 85.2 Å². The lowest BCUT2D eigenvalue weighted by molar-refractivity contribution is -0.274. The standard InChI is InChI=1S/C20H16F4N4O3/c1-28-10-9-25-17(28)16(12-5-4-6-13(21)11-12)27-19(30)18(29)26-14-7-2-3-8-15(14)31-20(22,23)24/h2-11,16H,1H3,(H,26,29)(H,27,30). The maximum absolute atomic E-state index is 13.7. The first kappa shape index (κ1) is 21.8. The van der Waals surface area contributed by atoms with Crippen molar-refractivity contribution >= 4 is 17.5 Å². The number of amides is 2. The first-order valence-electron chi connectivity index (χ1n) is 8.83. The molecule has 2 aromatic carbocycles. The Morgan fingerprint density at radius 3 is 2.48 bits per heavy atom. The number of hydrogen-bond donors (Lipinski definition) is 2. The van der Waals surface area contributed by atoms with Gasteiger partial charge < -0.3 is 19.9 Å². The van der Waals surface area contributed by atoms with Crippen LogP contribution in [0.5, 0.6) is 5.75 Å². The summed E-state index contributed by atoms with van der Waals surface area (Å²) in [6, 6.07) is 9.13. The van der Waals surface area contributed by atoms with Crippen molar-refractivity contribution in [2.24, 2.45) is 7.05 Å². The van der Waals surface area contributed by atoms with Crippen LogP contribution in [-0.2, 0) is 16.6 Å². The van der Waals surface area contributed by atoms with Gasteiger partial charge in [0.25, 0.3) is 0 Å². The normalized spacial score (nSPS) is 12.2. The van der Waals surface area contributed by atoms with Gasteiger partial charge in [-0.3, -0.25) is 9.59 Å². The average molecular weight is 436 g/mol. The number of ether oxygens (including phenoxy) is 1. The second-order valence-corrected chi connectivity index (χ2v) is 6.36. The fourth-order valence-electron chi connectivity index (χ4n) is 2.80. The molecule has 1 heterocycles. The molecule has 0 fully saturated rings. The highest BCUT2D eigenvalue weighted by molar-refractivity contribution is 6.39. The summed E-state index contributed by atoms with van der Waals surface area (Å²) in [6.07, 6.45) is -1.93. The Morgan fingerprint density at radius 2 is 1.84 bits per heavy atom. The number of alkyl halides is 3. The minimum Gasteiger partial charge on any atom is -0.404 e. The molecule has 31 heavy (non-hydrogen) atoms. The van der Waals surface area contributed by atoms with Crippen LogP contribution in [0.3, 0.4) is 0 Å². The van der Waals surface area contributed by atoms with E-state index in [0.29, 0.717) is 11.4 Å². The number of aryl methyl sites for hydroxylation is 1. The van der Waals surface area contributed by atoms with Crippen LogP contribution in [0.1, 0.15) is 17.4 Å². The number of carbonyl (C=O) groups is 2. The molecule has 1 atom stereocenters. The van der Waals surface area contributed by atoms with Gasteiger partial charge in [-0.25, -0.2) is 9.37 Å². The molecule has 0 radical (unpaired) electrons. The van der Waals surface area contributed by atoms with Crippen LogP contribution >= 0.6 is 0 Å². The highest BCUT2D eigenvalue weighted by Gasteiger charge is 2.32. The number of hydrogen-bond acceptors (Lipinski definition) is 4.